The molecule has 12 heteroatoms. The Hall–Kier alpha value is -11.0. The third-order valence-corrected chi connectivity index (χ3v) is 14.6. The number of fused-ring (bicyclic) bond motifs is 18. The van der Waals surface area contributed by atoms with Crippen LogP contribution in [0, 0.1) is 0 Å². The smallest absolute Gasteiger partial charge is 0.0996 e. The van der Waals surface area contributed by atoms with Gasteiger partial charge in [0.05, 0.1) is 100 Å². The van der Waals surface area contributed by atoms with E-state index in [2.05, 4.69) is 54.6 Å². The molecule has 0 bridgehead atoms. The van der Waals surface area contributed by atoms with E-state index in [0.717, 1.165) is 115 Å². The summed E-state index contributed by atoms with van der Waals surface area (Å²) < 4.78 is 0. The molecular weight excluding hydrogens is 961 g/mol. The van der Waals surface area contributed by atoms with Crippen LogP contribution >= 0.6 is 0 Å². The number of hydrogen-bond acceptors (Lipinski definition) is 12. The molecule has 9 heterocycles. The average Bonchev–Trinajstić information content (AvgIpc) is 3.66. The van der Waals surface area contributed by atoms with E-state index in [4.69, 9.17) is 59.8 Å². The molecule has 12 nitrogen and oxygen atoms in total. The third-order valence-electron chi connectivity index (χ3n) is 14.6. The van der Waals surface area contributed by atoms with Crippen molar-refractivity contribution in [3.05, 3.63) is 219 Å². The maximum atomic E-state index is 5.75. The molecule has 0 amide bonds. The molecule has 360 valence electrons. The zero-order valence-corrected chi connectivity index (χ0v) is 41.2. The van der Waals surface area contributed by atoms with Crippen LogP contribution in [0.15, 0.2) is 219 Å². The first-order chi connectivity index (χ1) is 38.7. The van der Waals surface area contributed by atoms with E-state index in [-0.39, 0.29) is 0 Å². The molecule has 0 aliphatic carbocycles. The topological polar surface area (TPSA) is 155 Å². The lowest BCUT2D eigenvalue weighted by Crippen LogP contribution is -2.02. The second kappa shape index (κ2) is 17.3. The molecular formula is C66H36N12. The van der Waals surface area contributed by atoms with Gasteiger partial charge in [-0.05, 0) is 91.0 Å². The molecule has 0 radical (unpaired) electrons. The Morgan fingerprint density at radius 3 is 0.564 bits per heavy atom. The molecule has 0 unspecified atom stereocenters. The summed E-state index contributed by atoms with van der Waals surface area (Å²) in [6, 6.07) is 61.1. The maximum Gasteiger partial charge on any atom is 0.0996 e. The van der Waals surface area contributed by atoms with Crippen molar-refractivity contribution in [1.29, 1.82) is 0 Å². The minimum absolute atomic E-state index is 0.647. The van der Waals surface area contributed by atoms with Crippen LogP contribution < -0.4 is 0 Å². The fraction of sp³-hybridized carbons (Fsp3) is 0. The van der Waals surface area contributed by atoms with Gasteiger partial charge in [-0.1, -0.05) is 91.0 Å². The van der Waals surface area contributed by atoms with Gasteiger partial charge in [-0.2, -0.15) is 0 Å². The van der Waals surface area contributed by atoms with Crippen molar-refractivity contribution < 1.29 is 0 Å². The van der Waals surface area contributed by atoms with Gasteiger partial charge in [-0.25, -0.2) is 29.9 Å². The highest BCUT2D eigenvalue weighted by atomic mass is 14.9. The Balaban J connectivity index is 1.08. The SMILES string of the molecule is c1ccc(-c2nc3c4cccnc4c4ncccc4c3nc2-c2cc(-c3nc4c5cccnc5c5ncccc5c4nc3-c3ccccc3)cc(-c3nc4c5cccnc5c5ncccc5c4nc3-c3ccccc3)c2)cc1. The van der Waals surface area contributed by atoms with E-state index < -0.39 is 0 Å². The molecule has 78 heavy (non-hydrogen) atoms. The highest BCUT2D eigenvalue weighted by molar-refractivity contribution is 6.23. The van der Waals surface area contributed by atoms with E-state index in [1.165, 1.54) is 0 Å². The minimum Gasteiger partial charge on any atom is -0.254 e. The highest BCUT2D eigenvalue weighted by Gasteiger charge is 2.26. The van der Waals surface area contributed by atoms with E-state index in [0.29, 0.717) is 50.7 Å². The minimum atomic E-state index is 0.647. The van der Waals surface area contributed by atoms with E-state index in [1.54, 1.807) is 37.2 Å². The average molecular weight is 997 g/mol. The summed E-state index contributed by atoms with van der Waals surface area (Å²) in [7, 11) is 0. The Kier molecular flexibility index (Phi) is 9.63. The van der Waals surface area contributed by atoms with Gasteiger partial charge in [-0.3, -0.25) is 29.9 Å². The molecule has 0 aliphatic rings. The number of nitrogens with zero attached hydrogens (tertiary/aromatic N) is 12. The summed E-state index contributed by atoms with van der Waals surface area (Å²) in [5.41, 5.74) is 17.8. The van der Waals surface area contributed by atoms with E-state index in [1.807, 2.05) is 127 Å². The summed E-state index contributed by atoms with van der Waals surface area (Å²) in [5, 5.41) is 5.09. The lowest BCUT2D eigenvalue weighted by Gasteiger charge is -2.18. The van der Waals surface area contributed by atoms with Crippen molar-refractivity contribution in [2.45, 2.75) is 0 Å². The first kappa shape index (κ1) is 43.4. The molecule has 0 saturated carbocycles. The van der Waals surface area contributed by atoms with E-state index in [9.17, 15) is 0 Å². The molecule has 16 rings (SSSR count). The van der Waals surface area contributed by atoms with E-state index >= 15 is 0 Å². The van der Waals surface area contributed by atoms with Gasteiger partial charge in [0.15, 0.2) is 0 Å². The molecule has 0 fully saturated rings. The molecule has 0 N–H and O–H groups in total. The summed E-state index contributed by atoms with van der Waals surface area (Å²) in [5.74, 6) is 0. The third kappa shape index (κ3) is 6.73. The largest absolute Gasteiger partial charge is 0.254 e. The zero-order valence-electron chi connectivity index (χ0n) is 41.2. The summed E-state index contributed by atoms with van der Waals surface area (Å²) in [6.07, 6.45) is 10.8. The second-order valence-corrected chi connectivity index (χ2v) is 19.1. The normalized spacial score (nSPS) is 11.8. The quantitative estimate of drug-likeness (QED) is 0.146. The fourth-order valence-electron chi connectivity index (χ4n) is 11.2. The number of hydrogen-bond donors (Lipinski definition) is 0. The van der Waals surface area contributed by atoms with Crippen LogP contribution in [0.1, 0.15) is 0 Å². The summed E-state index contributed by atoms with van der Waals surface area (Å²) in [4.78, 5) is 63.3. The zero-order chi connectivity index (χ0) is 51.3. The lowest BCUT2D eigenvalue weighted by molar-refractivity contribution is 1.28. The Morgan fingerprint density at radius 2 is 0.359 bits per heavy atom. The number of benzene rings is 7. The van der Waals surface area contributed by atoms with Gasteiger partial charge in [0.1, 0.15) is 0 Å². The molecule has 0 spiro atoms. The standard InChI is InChI=1S/C66H36N12/c1-4-16-37(17-5-1)49-52(76-64-46-25-13-31-70-58(46)55-43(61(64)73-49)22-10-28-67-55)40-34-41(53-50(38-18-6-2-7-19-38)74-62-44-23-11-29-68-56(44)59-47(65(62)77-53)26-14-32-71-59)36-42(35-40)54-51(39-20-8-3-9-21-39)75-63-45-24-12-30-69-57(45)60-48(66(63)78-54)27-15-33-72-60/h1-36H. The number of pyridine rings is 6. The lowest BCUT2D eigenvalue weighted by atomic mass is 9.93. The van der Waals surface area contributed by atoms with Gasteiger partial charge in [-0.15, -0.1) is 0 Å². The van der Waals surface area contributed by atoms with Crippen molar-refractivity contribution in [3.63, 3.8) is 0 Å². The fourth-order valence-corrected chi connectivity index (χ4v) is 11.2. The number of aromatic nitrogens is 12. The van der Waals surface area contributed by atoms with Crippen LogP contribution in [0.4, 0.5) is 0 Å². The Labute approximate surface area is 443 Å². The van der Waals surface area contributed by atoms with Crippen LogP contribution in [-0.2, 0) is 0 Å². The van der Waals surface area contributed by atoms with Crippen LogP contribution in [0.5, 0.6) is 0 Å². The van der Waals surface area contributed by atoms with Gasteiger partial charge < -0.3 is 0 Å². The monoisotopic (exact) mass is 996 g/mol. The van der Waals surface area contributed by atoms with Crippen molar-refractivity contribution >= 4 is 98.5 Å². The van der Waals surface area contributed by atoms with Crippen molar-refractivity contribution in [1.82, 2.24) is 59.8 Å². The predicted octanol–water partition coefficient (Wildman–Crippen LogP) is 14.8. The van der Waals surface area contributed by atoms with Gasteiger partial charge in [0.2, 0.25) is 0 Å². The Morgan fingerprint density at radius 1 is 0.167 bits per heavy atom. The predicted molar refractivity (Wildman–Crippen MR) is 310 cm³/mol. The first-order valence-electron chi connectivity index (χ1n) is 25.5. The molecule has 9 aromatic heterocycles. The molecule has 0 aliphatic heterocycles. The van der Waals surface area contributed by atoms with Gasteiger partial charge in [0.25, 0.3) is 0 Å². The molecule has 0 saturated heterocycles. The Bertz CT molecular complexity index is 4630. The van der Waals surface area contributed by atoms with Crippen molar-refractivity contribution in [2.75, 3.05) is 0 Å². The summed E-state index contributed by atoms with van der Waals surface area (Å²) in [6.45, 7) is 0. The van der Waals surface area contributed by atoms with Gasteiger partial charge in [0, 0.05) is 103 Å². The van der Waals surface area contributed by atoms with Crippen molar-refractivity contribution in [3.8, 4) is 67.5 Å². The van der Waals surface area contributed by atoms with Gasteiger partial charge >= 0.3 is 0 Å². The molecule has 0 atom stereocenters. The van der Waals surface area contributed by atoms with Crippen LogP contribution in [0.25, 0.3) is 166 Å². The first-order valence-corrected chi connectivity index (χ1v) is 25.5. The highest BCUT2D eigenvalue weighted by Crippen LogP contribution is 2.44. The maximum absolute atomic E-state index is 5.75. The molecule has 16 aromatic rings. The molecule has 7 aromatic carbocycles. The second-order valence-electron chi connectivity index (χ2n) is 19.1. The summed E-state index contributed by atoms with van der Waals surface area (Å²) >= 11 is 0. The van der Waals surface area contributed by atoms with Crippen LogP contribution in [0.2, 0.25) is 0 Å². The number of rotatable bonds is 6. The van der Waals surface area contributed by atoms with Crippen LogP contribution in [0.3, 0.4) is 0 Å². The van der Waals surface area contributed by atoms with Crippen LogP contribution in [-0.4, -0.2) is 59.8 Å². The van der Waals surface area contributed by atoms with Crippen molar-refractivity contribution in [2.24, 2.45) is 0 Å².